The van der Waals surface area contributed by atoms with Gasteiger partial charge in [0.05, 0.1) is 18.1 Å². The van der Waals surface area contributed by atoms with Crippen LogP contribution < -0.4 is 37.2 Å². The predicted octanol–water partition coefficient (Wildman–Crippen LogP) is 4.10. The van der Waals surface area contributed by atoms with Crippen LogP contribution in [0.2, 0.25) is 0 Å². The Labute approximate surface area is 431 Å². The highest BCUT2D eigenvalue weighted by Crippen LogP contribution is 2.38. The Morgan fingerprint density at radius 3 is 1.84 bits per heavy atom. The number of fused-ring (bicyclic) bond motifs is 2. The van der Waals surface area contributed by atoms with E-state index in [0.29, 0.717) is 0 Å². The summed E-state index contributed by atoms with van der Waals surface area (Å²) in [6, 6.07) is 17.5. The van der Waals surface area contributed by atoms with E-state index in [9.17, 15) is 24.0 Å². The maximum atomic E-state index is 15.1. The topological polar surface area (TPSA) is 210 Å². The SMILES string of the molecule is CN[C@@H](C)C(=O)N[C@H](C(=O)N1C[C@@H](c2ccc3c(c2)CN(C(=O)[C@@H](NC(=O)[C@H](C)NC)C(C)(C)C)[C@H](C(=O)N[C@@H]2CCCc4ccccc42)C3)C[C@H]1C(=O)N[C@@H](Cc1ccccc1)C(=O)NC1CC1)C(C)(C)C. The standard InChI is InChI=1S/C57H79N9O7/c1-33(58-9)49(67)63-47(56(3,4)5)54(72)65-31-39-28-37(23-24-38(39)29-45(65)52(70)61-43-22-16-20-36-19-14-15-21-42(36)43)40-30-46(66(32-40)55(73)48(57(6,7)8)64-50(68)34(2)59-10)53(71)62-44(51(69)60-41-25-26-41)27-35-17-12-11-13-18-35/h11-15,17-19,21,23-24,28,33-34,40-41,43-48,58-59H,16,20,22,25-27,29-32H2,1-10H3,(H,60,69)(H,61,70)(H,62,71)(H,63,67)(H,64,68)/t33-,34-,40-,43+,44-,45-,46-,47+,48+/m0/s1. The van der Waals surface area contributed by atoms with E-state index in [0.717, 1.165) is 59.9 Å². The molecule has 4 aliphatic rings. The van der Waals surface area contributed by atoms with Crippen LogP contribution in [-0.2, 0) is 59.4 Å². The van der Waals surface area contributed by atoms with Crippen molar-refractivity contribution in [1.29, 1.82) is 0 Å². The maximum Gasteiger partial charge on any atom is 0.246 e. The highest BCUT2D eigenvalue weighted by Gasteiger charge is 2.48. The summed E-state index contributed by atoms with van der Waals surface area (Å²) in [5, 5.41) is 21.3. The molecule has 0 spiro atoms. The molecule has 1 saturated carbocycles. The summed E-state index contributed by atoms with van der Waals surface area (Å²) in [4.78, 5) is 104. The molecule has 16 nitrogen and oxygen atoms in total. The monoisotopic (exact) mass is 1000 g/mol. The van der Waals surface area contributed by atoms with E-state index in [1.807, 2.05) is 102 Å². The van der Waals surface area contributed by atoms with Gasteiger partial charge in [-0.2, -0.15) is 0 Å². The van der Waals surface area contributed by atoms with Gasteiger partial charge in [-0.1, -0.05) is 114 Å². The highest BCUT2D eigenvalue weighted by atomic mass is 16.2. The lowest BCUT2D eigenvalue weighted by Crippen LogP contribution is -2.62. The summed E-state index contributed by atoms with van der Waals surface area (Å²) in [6.07, 6.45) is 5.05. The van der Waals surface area contributed by atoms with Crippen LogP contribution in [0.1, 0.15) is 133 Å². The normalized spacial score (nSPS) is 21.8. The van der Waals surface area contributed by atoms with Crippen LogP contribution in [0.3, 0.4) is 0 Å². The third kappa shape index (κ3) is 13.2. The smallest absolute Gasteiger partial charge is 0.246 e. The number of benzene rings is 3. The maximum absolute atomic E-state index is 15.1. The fraction of sp³-hybridized carbons (Fsp3) is 0.561. The first-order valence-corrected chi connectivity index (χ1v) is 26.3. The number of likely N-dealkylation sites (N-methyl/N-ethyl adjacent to an activating group) is 2. The van der Waals surface area contributed by atoms with E-state index in [1.54, 1.807) is 37.7 Å². The van der Waals surface area contributed by atoms with Crippen LogP contribution >= 0.6 is 0 Å². The van der Waals surface area contributed by atoms with Gasteiger partial charge in [0, 0.05) is 37.9 Å². The Morgan fingerprint density at radius 2 is 1.23 bits per heavy atom. The van der Waals surface area contributed by atoms with Gasteiger partial charge in [0.15, 0.2) is 0 Å². The first kappa shape index (κ1) is 54.6. The van der Waals surface area contributed by atoms with Crippen LogP contribution in [0.15, 0.2) is 72.8 Å². The molecule has 7 amide bonds. The van der Waals surface area contributed by atoms with E-state index in [2.05, 4.69) is 49.4 Å². The molecule has 0 bridgehead atoms. The van der Waals surface area contributed by atoms with Gasteiger partial charge in [-0.25, -0.2) is 0 Å². The fourth-order valence-corrected chi connectivity index (χ4v) is 10.3. The highest BCUT2D eigenvalue weighted by molar-refractivity contribution is 5.96. The molecular formula is C57H79N9O7. The van der Waals surface area contributed by atoms with Crippen molar-refractivity contribution in [2.75, 3.05) is 20.6 Å². The van der Waals surface area contributed by atoms with Gasteiger partial charge in [0.25, 0.3) is 0 Å². The summed E-state index contributed by atoms with van der Waals surface area (Å²) < 4.78 is 0. The van der Waals surface area contributed by atoms with Gasteiger partial charge in [0.2, 0.25) is 41.4 Å². The Morgan fingerprint density at radius 1 is 0.630 bits per heavy atom. The van der Waals surface area contributed by atoms with Crippen molar-refractivity contribution in [3.63, 3.8) is 0 Å². The molecule has 73 heavy (non-hydrogen) atoms. The number of amides is 7. The molecule has 3 aromatic carbocycles. The lowest BCUT2D eigenvalue weighted by Gasteiger charge is -2.42. The molecule has 7 rings (SSSR count). The second-order valence-electron chi connectivity index (χ2n) is 23.0. The first-order valence-electron chi connectivity index (χ1n) is 26.3. The zero-order valence-electron chi connectivity index (χ0n) is 44.5. The molecule has 394 valence electrons. The van der Waals surface area contributed by atoms with Gasteiger partial charge in [-0.3, -0.25) is 33.6 Å². The summed E-state index contributed by atoms with van der Waals surface area (Å²) >= 11 is 0. The number of rotatable bonds is 17. The zero-order valence-corrected chi connectivity index (χ0v) is 44.5. The third-order valence-corrected chi connectivity index (χ3v) is 15.3. The van der Waals surface area contributed by atoms with Crippen LogP contribution in [0.5, 0.6) is 0 Å². The Bertz CT molecular complexity index is 2520. The van der Waals surface area contributed by atoms with E-state index in [-0.39, 0.29) is 79.9 Å². The second-order valence-corrected chi connectivity index (χ2v) is 23.0. The van der Waals surface area contributed by atoms with E-state index in [1.165, 1.54) is 5.56 Å². The second kappa shape index (κ2) is 23.0. The first-order chi connectivity index (χ1) is 34.6. The molecule has 9 atom stereocenters. The third-order valence-electron chi connectivity index (χ3n) is 15.3. The van der Waals surface area contributed by atoms with Crippen LogP contribution in [0, 0.1) is 10.8 Å². The predicted molar refractivity (Wildman–Crippen MR) is 281 cm³/mol. The Kier molecular flexibility index (Phi) is 17.2. The molecule has 2 heterocycles. The van der Waals surface area contributed by atoms with Crippen LogP contribution in [0.25, 0.3) is 0 Å². The molecule has 7 N–H and O–H groups in total. The number of carbonyl (C=O) groups excluding carboxylic acids is 7. The lowest BCUT2D eigenvalue weighted by molar-refractivity contribution is -0.147. The van der Waals surface area contributed by atoms with Crippen molar-refractivity contribution in [1.82, 2.24) is 47.0 Å². The van der Waals surface area contributed by atoms with Gasteiger partial charge < -0.3 is 47.0 Å². The zero-order chi connectivity index (χ0) is 52.9. The van der Waals surface area contributed by atoms with Crippen LogP contribution in [-0.4, -0.2) is 120 Å². The van der Waals surface area contributed by atoms with Gasteiger partial charge in [0.1, 0.15) is 30.2 Å². The average Bonchev–Trinajstić information content (AvgIpc) is 4.07. The van der Waals surface area contributed by atoms with Crippen molar-refractivity contribution in [2.24, 2.45) is 10.8 Å². The molecule has 0 unspecified atom stereocenters. The molecule has 2 fully saturated rings. The minimum Gasteiger partial charge on any atom is -0.352 e. The van der Waals surface area contributed by atoms with Gasteiger partial charge in [-0.05, 0) is 111 Å². The summed E-state index contributed by atoms with van der Waals surface area (Å²) in [5.41, 5.74) is 4.20. The minimum atomic E-state index is -1.00. The number of carbonyl (C=O) groups is 7. The van der Waals surface area contributed by atoms with Gasteiger partial charge >= 0.3 is 0 Å². The molecule has 3 aromatic rings. The van der Waals surface area contributed by atoms with Crippen LogP contribution in [0.4, 0.5) is 0 Å². The molecule has 16 heteroatoms. The molecule has 0 radical (unpaired) electrons. The van der Waals surface area contributed by atoms with E-state index in [4.69, 9.17) is 0 Å². The molecule has 2 aliphatic heterocycles. The number of nitrogens with one attached hydrogen (secondary N) is 7. The molecule has 0 aromatic heterocycles. The molecule has 2 aliphatic carbocycles. The van der Waals surface area contributed by atoms with Gasteiger partial charge in [-0.15, -0.1) is 0 Å². The fourth-order valence-electron chi connectivity index (χ4n) is 10.3. The van der Waals surface area contributed by atoms with Crippen molar-refractivity contribution in [2.45, 2.75) is 174 Å². The number of likely N-dealkylation sites (tertiary alicyclic amines) is 1. The number of aryl methyl sites for hydroxylation is 1. The van der Waals surface area contributed by atoms with Crippen molar-refractivity contribution in [3.05, 3.63) is 106 Å². The summed E-state index contributed by atoms with van der Waals surface area (Å²) in [7, 11) is 3.35. The molecular weight excluding hydrogens is 923 g/mol. The quantitative estimate of drug-likeness (QED) is 0.104. The minimum absolute atomic E-state index is 0.0576. The molecule has 1 saturated heterocycles. The van der Waals surface area contributed by atoms with E-state index >= 15 is 9.59 Å². The van der Waals surface area contributed by atoms with Crippen molar-refractivity contribution in [3.8, 4) is 0 Å². The summed E-state index contributed by atoms with van der Waals surface area (Å²) in [5.74, 6) is -2.90. The lowest BCUT2D eigenvalue weighted by atomic mass is 9.83. The van der Waals surface area contributed by atoms with Crippen molar-refractivity contribution < 1.29 is 33.6 Å². The number of hydrogen-bond donors (Lipinski definition) is 7. The number of nitrogens with zero attached hydrogens (tertiary/aromatic N) is 2. The van der Waals surface area contributed by atoms with Crippen molar-refractivity contribution >= 4 is 41.4 Å². The Hall–Kier alpha value is -6.13. The average molecular weight is 1000 g/mol. The largest absolute Gasteiger partial charge is 0.352 e. The Balaban J connectivity index is 1.23. The summed E-state index contributed by atoms with van der Waals surface area (Å²) in [6.45, 7) is 14.9. The van der Waals surface area contributed by atoms with E-state index < -0.39 is 64.9 Å². The number of hydrogen-bond acceptors (Lipinski definition) is 9.